The number of alkyl halides is 2. The Morgan fingerprint density at radius 2 is 0.944 bits per heavy atom. The van der Waals surface area contributed by atoms with Gasteiger partial charge in [-0.2, -0.15) is 0 Å². The summed E-state index contributed by atoms with van der Waals surface area (Å²) in [6.07, 6.45) is 21.1. The van der Waals surface area contributed by atoms with Gasteiger partial charge in [-0.1, -0.05) is 82.5 Å². The first-order valence-corrected chi connectivity index (χ1v) is 9.57. The highest BCUT2D eigenvalue weighted by Gasteiger charge is 2.14. The van der Waals surface area contributed by atoms with Crippen molar-refractivity contribution in [2.75, 3.05) is 0 Å². The molecule has 18 heavy (non-hydrogen) atoms. The molecular formula is C16H28Br2. The van der Waals surface area contributed by atoms with Gasteiger partial charge in [-0.15, -0.1) is 0 Å². The molecule has 0 bridgehead atoms. The molecule has 0 aromatic rings. The van der Waals surface area contributed by atoms with Crippen LogP contribution in [-0.4, -0.2) is 9.65 Å². The molecule has 0 nitrogen and oxygen atoms in total. The molecule has 0 radical (unpaired) electrons. The van der Waals surface area contributed by atoms with Crippen molar-refractivity contribution in [2.24, 2.45) is 0 Å². The smallest absolute Gasteiger partial charge is 0.0271 e. The molecule has 2 unspecified atom stereocenters. The lowest BCUT2D eigenvalue weighted by molar-refractivity contribution is 0.562. The van der Waals surface area contributed by atoms with Crippen molar-refractivity contribution in [3.8, 4) is 0 Å². The maximum absolute atomic E-state index is 3.85. The van der Waals surface area contributed by atoms with Crippen LogP contribution in [0.25, 0.3) is 0 Å². The van der Waals surface area contributed by atoms with Gasteiger partial charge in [-0.05, 0) is 38.5 Å². The molecule has 0 aromatic carbocycles. The fraction of sp³-hybridized carbons (Fsp3) is 0.875. The first-order chi connectivity index (χ1) is 8.80. The molecule has 0 heterocycles. The van der Waals surface area contributed by atoms with Crippen LogP contribution in [0.2, 0.25) is 0 Å². The minimum atomic E-state index is 0.668. The maximum atomic E-state index is 3.85. The second-order valence-corrected chi connectivity index (χ2v) is 7.84. The molecule has 0 amide bonds. The van der Waals surface area contributed by atoms with Gasteiger partial charge < -0.3 is 0 Å². The van der Waals surface area contributed by atoms with Crippen molar-refractivity contribution < 1.29 is 0 Å². The van der Waals surface area contributed by atoms with Crippen molar-refractivity contribution in [3.05, 3.63) is 12.2 Å². The van der Waals surface area contributed by atoms with Gasteiger partial charge >= 0.3 is 0 Å². The van der Waals surface area contributed by atoms with Crippen molar-refractivity contribution in [3.63, 3.8) is 0 Å². The minimum Gasteiger partial charge on any atom is -0.0885 e. The minimum absolute atomic E-state index is 0.668. The number of hydrogen-bond acceptors (Lipinski definition) is 0. The Bertz CT molecular complexity index is 213. The summed E-state index contributed by atoms with van der Waals surface area (Å²) < 4.78 is 0. The summed E-state index contributed by atoms with van der Waals surface area (Å²) in [5.41, 5.74) is 0. The second kappa shape index (κ2) is 11.5. The molecule has 1 rings (SSSR count). The van der Waals surface area contributed by atoms with E-state index >= 15 is 0 Å². The van der Waals surface area contributed by atoms with Crippen molar-refractivity contribution in [2.45, 2.75) is 86.7 Å². The molecule has 0 saturated carbocycles. The lowest BCUT2D eigenvalue weighted by Crippen LogP contribution is -2.13. The quantitative estimate of drug-likeness (QED) is 0.322. The van der Waals surface area contributed by atoms with Gasteiger partial charge in [0.15, 0.2) is 0 Å². The number of hydrogen-bond donors (Lipinski definition) is 0. The number of allylic oxidation sites excluding steroid dienone is 2. The average molecular weight is 380 g/mol. The van der Waals surface area contributed by atoms with Gasteiger partial charge in [0, 0.05) is 9.65 Å². The van der Waals surface area contributed by atoms with E-state index in [-0.39, 0.29) is 0 Å². The molecule has 2 atom stereocenters. The lowest BCUT2D eigenvalue weighted by Gasteiger charge is -2.16. The number of rotatable bonds is 0. The predicted octanol–water partition coefficient (Wildman–Crippen LogP) is 6.76. The van der Waals surface area contributed by atoms with Gasteiger partial charge in [0.25, 0.3) is 0 Å². The van der Waals surface area contributed by atoms with E-state index in [4.69, 9.17) is 0 Å². The zero-order valence-electron chi connectivity index (χ0n) is 11.6. The maximum Gasteiger partial charge on any atom is 0.0271 e. The van der Waals surface area contributed by atoms with Crippen LogP contribution in [-0.2, 0) is 0 Å². The van der Waals surface area contributed by atoms with E-state index in [9.17, 15) is 0 Å². The summed E-state index contributed by atoms with van der Waals surface area (Å²) in [6, 6.07) is 0. The van der Waals surface area contributed by atoms with E-state index in [1.807, 2.05) is 0 Å². The fourth-order valence-electron chi connectivity index (χ4n) is 2.51. The van der Waals surface area contributed by atoms with Gasteiger partial charge in [0.05, 0.1) is 0 Å². The topological polar surface area (TPSA) is 0 Å². The van der Waals surface area contributed by atoms with Crippen LogP contribution in [0.3, 0.4) is 0 Å². The number of halogens is 2. The van der Waals surface area contributed by atoms with Crippen molar-refractivity contribution in [1.29, 1.82) is 0 Å². The molecule has 0 N–H and O–H groups in total. The SMILES string of the molecule is BrC1CCCCC/C=C\CCCCCCCC1Br. The highest BCUT2D eigenvalue weighted by atomic mass is 79.9. The molecule has 1 aliphatic carbocycles. The molecule has 0 saturated heterocycles. The summed E-state index contributed by atoms with van der Waals surface area (Å²) >= 11 is 7.69. The standard InChI is InChI=1S/C16H28Br2/c17-15-13-11-9-7-5-3-1-2-4-6-8-10-12-14-16(15)18/h1,3,15-16H,2,4-14H2/b3-1-. The average Bonchev–Trinajstić information content (AvgIpc) is 2.37. The van der Waals surface area contributed by atoms with Crippen LogP contribution in [0, 0.1) is 0 Å². The van der Waals surface area contributed by atoms with E-state index < -0.39 is 0 Å². The van der Waals surface area contributed by atoms with Crippen LogP contribution in [0.5, 0.6) is 0 Å². The Kier molecular flexibility index (Phi) is 10.7. The Morgan fingerprint density at radius 3 is 1.50 bits per heavy atom. The fourth-order valence-corrected chi connectivity index (χ4v) is 3.68. The van der Waals surface area contributed by atoms with E-state index in [2.05, 4.69) is 44.0 Å². The second-order valence-electron chi connectivity index (χ2n) is 5.49. The van der Waals surface area contributed by atoms with Gasteiger partial charge in [0.1, 0.15) is 0 Å². The van der Waals surface area contributed by atoms with Crippen LogP contribution in [0.4, 0.5) is 0 Å². The monoisotopic (exact) mass is 378 g/mol. The van der Waals surface area contributed by atoms with E-state index in [1.54, 1.807) is 0 Å². The van der Waals surface area contributed by atoms with Crippen LogP contribution >= 0.6 is 31.9 Å². The third-order valence-corrected chi connectivity index (χ3v) is 6.66. The first-order valence-electron chi connectivity index (χ1n) is 7.74. The molecule has 106 valence electrons. The lowest BCUT2D eigenvalue weighted by atomic mass is 10.0. The van der Waals surface area contributed by atoms with Gasteiger partial charge in [-0.25, -0.2) is 0 Å². The normalized spacial score (nSPS) is 31.9. The Hall–Kier alpha value is 0.700. The van der Waals surface area contributed by atoms with E-state index in [1.165, 1.54) is 77.0 Å². The molecule has 0 aliphatic heterocycles. The molecule has 0 aromatic heterocycles. The van der Waals surface area contributed by atoms with Crippen LogP contribution < -0.4 is 0 Å². The molecule has 0 fully saturated rings. The largest absolute Gasteiger partial charge is 0.0885 e. The van der Waals surface area contributed by atoms with Crippen molar-refractivity contribution in [1.82, 2.24) is 0 Å². The third kappa shape index (κ3) is 8.74. The van der Waals surface area contributed by atoms with Gasteiger partial charge in [-0.3, -0.25) is 0 Å². The predicted molar refractivity (Wildman–Crippen MR) is 90.0 cm³/mol. The van der Waals surface area contributed by atoms with E-state index in [0.29, 0.717) is 9.65 Å². The van der Waals surface area contributed by atoms with Crippen molar-refractivity contribution >= 4 is 31.9 Å². The van der Waals surface area contributed by atoms with Gasteiger partial charge in [0.2, 0.25) is 0 Å². The Labute approximate surface area is 130 Å². The zero-order valence-corrected chi connectivity index (χ0v) is 14.7. The first kappa shape index (κ1) is 16.8. The highest BCUT2D eigenvalue weighted by molar-refractivity contribution is 9.12. The highest BCUT2D eigenvalue weighted by Crippen LogP contribution is 2.25. The summed E-state index contributed by atoms with van der Waals surface area (Å²) in [5.74, 6) is 0. The summed E-state index contributed by atoms with van der Waals surface area (Å²) in [7, 11) is 0. The summed E-state index contributed by atoms with van der Waals surface area (Å²) in [6.45, 7) is 0. The zero-order chi connectivity index (χ0) is 13.1. The molecule has 2 heteroatoms. The summed E-state index contributed by atoms with van der Waals surface area (Å²) in [4.78, 5) is 1.34. The summed E-state index contributed by atoms with van der Waals surface area (Å²) in [5, 5.41) is 0. The Morgan fingerprint density at radius 1 is 0.556 bits per heavy atom. The third-order valence-electron chi connectivity index (χ3n) is 3.76. The molecule has 1 aliphatic rings. The molecular weight excluding hydrogens is 352 g/mol. The van der Waals surface area contributed by atoms with Crippen LogP contribution in [0.1, 0.15) is 77.0 Å². The van der Waals surface area contributed by atoms with E-state index in [0.717, 1.165) is 0 Å². The van der Waals surface area contributed by atoms with Crippen LogP contribution in [0.15, 0.2) is 12.2 Å². The Balaban J connectivity index is 2.26. The molecule has 0 spiro atoms.